The number of fused-ring (bicyclic) bond motifs is 1. The number of H-pyrrole nitrogens is 1. The van der Waals surface area contributed by atoms with Crippen LogP contribution in [0.2, 0.25) is 0 Å². The van der Waals surface area contributed by atoms with Crippen molar-refractivity contribution in [1.29, 1.82) is 0 Å². The number of hydrogen-bond donors (Lipinski definition) is 2. The predicted molar refractivity (Wildman–Crippen MR) is 145 cm³/mol. The number of hydrogen-bond acceptors (Lipinski definition) is 4. The van der Waals surface area contributed by atoms with Crippen molar-refractivity contribution in [3.8, 4) is 11.3 Å². The summed E-state index contributed by atoms with van der Waals surface area (Å²) in [7, 11) is 0. The first-order valence-electron chi connectivity index (χ1n) is 13.6. The molecular weight excluding hydrogens is 464 g/mol. The fourth-order valence-corrected chi connectivity index (χ4v) is 5.92. The molecule has 1 saturated heterocycles. The average Bonchev–Trinajstić information content (AvgIpc) is 3.54. The SMILES string of the molecule is CC(C)(C)OC(=O)NC(C(=O)N1CCCC1c1ccnc(-c2c[nH]c3ccccc23)c1)C1CCCCC1. The van der Waals surface area contributed by atoms with Crippen molar-refractivity contribution in [1.82, 2.24) is 20.2 Å². The minimum absolute atomic E-state index is 0.00529. The number of pyridine rings is 1. The van der Waals surface area contributed by atoms with Crippen LogP contribution < -0.4 is 5.32 Å². The standard InChI is InChI=1S/C30H38N4O3/c1-30(2,3)37-29(36)33-27(20-10-5-4-6-11-20)28(35)34-17-9-14-26(34)21-15-16-31-25(18-21)23-19-32-24-13-8-7-12-22(23)24/h7-8,12-13,15-16,18-20,26-27,32H,4-6,9-11,14,17H2,1-3H3,(H,33,36). The second kappa shape index (κ2) is 10.6. The molecule has 1 saturated carbocycles. The number of aromatic amines is 1. The molecule has 7 nitrogen and oxygen atoms in total. The highest BCUT2D eigenvalue weighted by Crippen LogP contribution is 2.37. The zero-order chi connectivity index (χ0) is 26.0. The summed E-state index contributed by atoms with van der Waals surface area (Å²) in [6, 6.07) is 11.7. The minimum atomic E-state index is -0.615. The maximum absolute atomic E-state index is 14.1. The molecule has 2 aromatic heterocycles. The van der Waals surface area contributed by atoms with Gasteiger partial charge in [0.2, 0.25) is 5.91 Å². The van der Waals surface area contributed by atoms with E-state index in [1.54, 1.807) is 0 Å². The number of nitrogens with one attached hydrogen (secondary N) is 2. The van der Waals surface area contributed by atoms with Gasteiger partial charge < -0.3 is 19.9 Å². The molecule has 2 unspecified atom stereocenters. The monoisotopic (exact) mass is 502 g/mol. The second-order valence-corrected chi connectivity index (χ2v) is 11.4. The number of likely N-dealkylation sites (tertiary alicyclic amines) is 1. The van der Waals surface area contributed by atoms with Crippen molar-refractivity contribution in [2.24, 2.45) is 5.92 Å². The van der Waals surface area contributed by atoms with Crippen LogP contribution in [0.25, 0.3) is 22.2 Å². The van der Waals surface area contributed by atoms with Crippen LogP contribution in [0.3, 0.4) is 0 Å². The Bertz CT molecular complexity index is 1250. The van der Waals surface area contributed by atoms with Crippen molar-refractivity contribution in [3.05, 3.63) is 54.4 Å². The molecule has 1 aliphatic heterocycles. The van der Waals surface area contributed by atoms with Gasteiger partial charge in [-0.2, -0.15) is 0 Å². The number of aromatic nitrogens is 2. The molecule has 2 N–H and O–H groups in total. The van der Waals surface area contributed by atoms with E-state index in [-0.39, 0.29) is 17.9 Å². The zero-order valence-electron chi connectivity index (χ0n) is 22.1. The Hall–Kier alpha value is -3.35. The summed E-state index contributed by atoms with van der Waals surface area (Å²) in [6.45, 7) is 6.22. The molecule has 2 fully saturated rings. The number of nitrogens with zero attached hydrogens (tertiary/aromatic N) is 2. The van der Waals surface area contributed by atoms with Crippen LogP contribution >= 0.6 is 0 Å². The van der Waals surface area contributed by atoms with Gasteiger partial charge in [0.25, 0.3) is 0 Å². The van der Waals surface area contributed by atoms with Gasteiger partial charge in [-0.1, -0.05) is 37.5 Å². The Morgan fingerprint density at radius 3 is 2.65 bits per heavy atom. The highest BCUT2D eigenvalue weighted by Gasteiger charge is 2.39. The highest BCUT2D eigenvalue weighted by atomic mass is 16.6. The van der Waals surface area contributed by atoms with Gasteiger partial charge in [-0.25, -0.2) is 4.79 Å². The predicted octanol–water partition coefficient (Wildman–Crippen LogP) is 6.37. The molecular formula is C30H38N4O3. The Morgan fingerprint density at radius 2 is 1.86 bits per heavy atom. The summed E-state index contributed by atoms with van der Waals surface area (Å²) in [5, 5.41) is 4.11. The molecule has 1 aliphatic carbocycles. The van der Waals surface area contributed by atoms with Crippen molar-refractivity contribution < 1.29 is 14.3 Å². The smallest absolute Gasteiger partial charge is 0.408 e. The van der Waals surface area contributed by atoms with Crippen LogP contribution in [0.1, 0.15) is 77.3 Å². The number of para-hydroxylation sites is 1. The third-order valence-corrected chi connectivity index (χ3v) is 7.63. The summed E-state index contributed by atoms with van der Waals surface area (Å²) >= 11 is 0. The topological polar surface area (TPSA) is 87.3 Å². The highest BCUT2D eigenvalue weighted by molar-refractivity contribution is 5.94. The molecule has 7 heteroatoms. The molecule has 3 heterocycles. The van der Waals surface area contributed by atoms with Gasteiger partial charge in [0.1, 0.15) is 11.6 Å². The zero-order valence-corrected chi connectivity index (χ0v) is 22.1. The van der Waals surface area contributed by atoms with Crippen LogP contribution in [-0.4, -0.2) is 45.1 Å². The molecule has 3 aromatic rings. The summed E-state index contributed by atoms with van der Waals surface area (Å²) in [6.07, 6.45) is 10.4. The van der Waals surface area contributed by atoms with E-state index in [2.05, 4.69) is 33.5 Å². The number of rotatable bonds is 5. The Morgan fingerprint density at radius 1 is 1.08 bits per heavy atom. The van der Waals surface area contributed by atoms with Crippen LogP contribution in [0.5, 0.6) is 0 Å². The first-order valence-corrected chi connectivity index (χ1v) is 13.6. The lowest BCUT2D eigenvalue weighted by Gasteiger charge is -2.35. The van der Waals surface area contributed by atoms with E-state index in [4.69, 9.17) is 4.74 Å². The minimum Gasteiger partial charge on any atom is -0.444 e. The normalized spacial score (nSPS) is 19.6. The molecule has 2 atom stereocenters. The van der Waals surface area contributed by atoms with E-state index in [1.165, 1.54) is 6.42 Å². The maximum Gasteiger partial charge on any atom is 0.408 e. The van der Waals surface area contributed by atoms with Crippen molar-refractivity contribution in [3.63, 3.8) is 0 Å². The van der Waals surface area contributed by atoms with Gasteiger partial charge >= 0.3 is 6.09 Å². The van der Waals surface area contributed by atoms with Crippen molar-refractivity contribution in [2.45, 2.75) is 83.4 Å². The molecule has 37 heavy (non-hydrogen) atoms. The first-order chi connectivity index (χ1) is 17.8. The lowest BCUT2D eigenvalue weighted by molar-refractivity contribution is -0.136. The van der Waals surface area contributed by atoms with E-state index in [0.29, 0.717) is 6.54 Å². The number of ether oxygens (including phenoxy) is 1. The second-order valence-electron chi connectivity index (χ2n) is 11.4. The fraction of sp³-hybridized carbons (Fsp3) is 0.500. The van der Waals surface area contributed by atoms with Gasteiger partial charge in [-0.05, 0) is 76.1 Å². The molecule has 0 bridgehead atoms. The molecule has 2 aliphatic rings. The van der Waals surface area contributed by atoms with Gasteiger partial charge in [-0.3, -0.25) is 9.78 Å². The van der Waals surface area contributed by atoms with Crippen molar-refractivity contribution >= 4 is 22.9 Å². The Labute approximate surface area is 219 Å². The fourth-order valence-electron chi connectivity index (χ4n) is 5.92. The number of alkyl carbamates (subject to hydrolysis) is 1. The summed E-state index contributed by atoms with van der Waals surface area (Å²) in [5.74, 6) is 0.139. The molecule has 5 rings (SSSR count). The quantitative estimate of drug-likeness (QED) is 0.425. The lowest BCUT2D eigenvalue weighted by atomic mass is 9.83. The van der Waals surface area contributed by atoms with Crippen LogP contribution in [0.15, 0.2) is 48.8 Å². The number of amides is 2. The van der Waals surface area contributed by atoms with Gasteiger partial charge in [0, 0.05) is 35.4 Å². The van der Waals surface area contributed by atoms with Gasteiger partial charge in [-0.15, -0.1) is 0 Å². The maximum atomic E-state index is 14.1. The van der Waals surface area contributed by atoms with Crippen LogP contribution in [0, 0.1) is 5.92 Å². The number of carbonyl (C=O) groups is 2. The van der Waals surface area contributed by atoms with Gasteiger partial charge in [0.05, 0.1) is 11.7 Å². The Kier molecular flexibility index (Phi) is 7.22. The lowest BCUT2D eigenvalue weighted by Crippen LogP contribution is -2.53. The van der Waals surface area contributed by atoms with E-state index in [9.17, 15) is 9.59 Å². The Balaban J connectivity index is 1.40. The summed E-state index contributed by atoms with van der Waals surface area (Å²) < 4.78 is 5.54. The van der Waals surface area contributed by atoms with Crippen LogP contribution in [0.4, 0.5) is 4.79 Å². The summed E-state index contributed by atoms with van der Waals surface area (Å²) in [4.78, 5) is 36.8. The van der Waals surface area contributed by atoms with Gasteiger partial charge in [0.15, 0.2) is 0 Å². The van der Waals surface area contributed by atoms with Crippen molar-refractivity contribution in [2.75, 3.05) is 6.54 Å². The van der Waals surface area contributed by atoms with E-state index < -0.39 is 17.7 Å². The number of benzene rings is 1. The first kappa shape index (κ1) is 25.3. The largest absolute Gasteiger partial charge is 0.444 e. The van der Waals surface area contributed by atoms with Crippen LogP contribution in [-0.2, 0) is 9.53 Å². The third kappa shape index (κ3) is 5.65. The third-order valence-electron chi connectivity index (χ3n) is 7.63. The molecule has 0 radical (unpaired) electrons. The average molecular weight is 503 g/mol. The molecule has 0 spiro atoms. The molecule has 196 valence electrons. The van der Waals surface area contributed by atoms with E-state index >= 15 is 0 Å². The summed E-state index contributed by atoms with van der Waals surface area (Å²) in [5.41, 5.74) is 3.49. The van der Waals surface area contributed by atoms with E-state index in [0.717, 1.165) is 66.2 Å². The molecule has 2 amide bonds. The number of carbonyl (C=O) groups excluding carboxylic acids is 2. The molecule has 1 aromatic carbocycles. The van der Waals surface area contributed by atoms with E-state index in [1.807, 2.05) is 56.3 Å².